The van der Waals surface area contributed by atoms with Crippen molar-refractivity contribution in [2.24, 2.45) is 0 Å². The molecule has 0 aliphatic heterocycles. The Kier molecular flexibility index (Phi) is 8.72. The first-order valence-corrected chi connectivity index (χ1v) is 11.9. The molecule has 0 aliphatic rings. The number of para-hydroxylation sites is 5. The van der Waals surface area contributed by atoms with E-state index in [2.05, 4.69) is 36.6 Å². The molecule has 8 aromatic rings. The minimum absolute atomic E-state index is 0. The average molecular weight is 508 g/mol. The van der Waals surface area contributed by atoms with Gasteiger partial charge in [-0.2, -0.15) is 4.37 Å². The quantitative estimate of drug-likeness (QED) is 0.223. The summed E-state index contributed by atoms with van der Waals surface area (Å²) < 4.78 is 15.2. The molecule has 7 nitrogen and oxygen atoms in total. The van der Waals surface area contributed by atoms with Crippen LogP contribution in [0.5, 0.6) is 0 Å². The number of rotatable bonds is 0. The molecule has 37 heavy (non-hydrogen) atoms. The summed E-state index contributed by atoms with van der Waals surface area (Å²) in [5.41, 5.74) is 4.72. The summed E-state index contributed by atoms with van der Waals surface area (Å²) in [5, 5.41) is 5.92. The largest absolute Gasteiger partial charge is 0.443 e. The van der Waals surface area contributed by atoms with Crippen molar-refractivity contribution >= 4 is 54.7 Å². The maximum absolute atomic E-state index is 5.01. The van der Waals surface area contributed by atoms with Gasteiger partial charge in [0, 0.05) is 17.0 Å². The molecule has 0 atom stereocenters. The maximum Gasteiger partial charge on any atom is 0.181 e. The number of fused-ring (bicyclic) bond motifs is 4. The third kappa shape index (κ3) is 6.65. The van der Waals surface area contributed by atoms with E-state index in [0.29, 0.717) is 0 Å². The highest BCUT2D eigenvalue weighted by atomic mass is 32.1. The second kappa shape index (κ2) is 12.8. The van der Waals surface area contributed by atoms with Crippen molar-refractivity contribution < 1.29 is 8.94 Å². The zero-order valence-electron chi connectivity index (χ0n) is 19.1. The van der Waals surface area contributed by atoms with E-state index in [1.165, 1.54) is 28.0 Å². The van der Waals surface area contributed by atoms with E-state index in [1.54, 1.807) is 12.5 Å². The Morgan fingerprint density at radius 1 is 0.649 bits per heavy atom. The highest BCUT2D eigenvalue weighted by Gasteiger charge is 1.93. The molecule has 0 saturated carbocycles. The van der Waals surface area contributed by atoms with E-state index >= 15 is 0 Å². The summed E-state index contributed by atoms with van der Waals surface area (Å²) in [6.07, 6.45) is 6.74. The van der Waals surface area contributed by atoms with Crippen LogP contribution in [0.4, 0.5) is 0 Å². The van der Waals surface area contributed by atoms with E-state index in [-0.39, 0.29) is 7.43 Å². The number of aromatic nitrogens is 5. The molecule has 0 bridgehead atoms. The molecule has 1 N–H and O–H groups in total. The second-order valence-corrected chi connectivity index (χ2v) is 8.30. The van der Waals surface area contributed by atoms with Gasteiger partial charge in [-0.3, -0.25) is 0 Å². The van der Waals surface area contributed by atoms with Gasteiger partial charge in [0.15, 0.2) is 17.6 Å². The van der Waals surface area contributed by atoms with E-state index in [9.17, 15) is 0 Å². The number of nitrogens with zero attached hydrogens (tertiary/aromatic N) is 4. The predicted molar refractivity (Wildman–Crippen MR) is 150 cm³/mol. The Labute approximate surface area is 217 Å². The lowest BCUT2D eigenvalue weighted by Gasteiger charge is -1.81. The van der Waals surface area contributed by atoms with Crippen molar-refractivity contribution in [1.29, 1.82) is 0 Å². The fourth-order valence-corrected chi connectivity index (χ4v) is 3.95. The summed E-state index contributed by atoms with van der Waals surface area (Å²) in [7, 11) is 0. The van der Waals surface area contributed by atoms with Crippen LogP contribution in [-0.2, 0) is 0 Å². The van der Waals surface area contributed by atoms with Gasteiger partial charge in [0.25, 0.3) is 0 Å². The first-order chi connectivity index (χ1) is 17.9. The van der Waals surface area contributed by atoms with Crippen LogP contribution in [0.1, 0.15) is 7.43 Å². The SMILES string of the molecule is C.c1ccc2[nH]cnc2c1.c1ccc2ocnc2c1.c1ccc2oncc2c1.c1ccc2sncc2c1. The van der Waals surface area contributed by atoms with Gasteiger partial charge >= 0.3 is 0 Å². The molecule has 8 heteroatoms. The van der Waals surface area contributed by atoms with Gasteiger partial charge in [-0.1, -0.05) is 67.2 Å². The smallest absolute Gasteiger partial charge is 0.181 e. The van der Waals surface area contributed by atoms with E-state index in [4.69, 9.17) is 8.94 Å². The Morgan fingerprint density at radius 2 is 1.35 bits per heavy atom. The van der Waals surface area contributed by atoms with Crippen molar-refractivity contribution in [2.45, 2.75) is 7.43 Å². The van der Waals surface area contributed by atoms with Gasteiger partial charge in [-0.05, 0) is 54.0 Å². The van der Waals surface area contributed by atoms with Crippen LogP contribution in [0.15, 0.2) is 131 Å². The van der Waals surface area contributed by atoms with Crippen molar-refractivity contribution in [3.8, 4) is 0 Å². The van der Waals surface area contributed by atoms with Crippen LogP contribution in [0.3, 0.4) is 0 Å². The fraction of sp³-hybridized carbons (Fsp3) is 0.0345. The molecule has 0 unspecified atom stereocenters. The zero-order valence-corrected chi connectivity index (χ0v) is 19.9. The number of benzene rings is 4. The average Bonchev–Trinajstić information content (AvgIpc) is 3.76. The molecule has 4 heterocycles. The molecule has 0 radical (unpaired) electrons. The molecule has 0 aliphatic carbocycles. The van der Waals surface area contributed by atoms with Crippen LogP contribution in [0.25, 0.3) is 43.2 Å². The maximum atomic E-state index is 5.01. The lowest BCUT2D eigenvalue weighted by Crippen LogP contribution is -1.63. The lowest BCUT2D eigenvalue weighted by atomic mass is 10.3. The summed E-state index contributed by atoms with van der Waals surface area (Å²) in [4.78, 5) is 11.0. The van der Waals surface area contributed by atoms with Gasteiger partial charge in [-0.25, -0.2) is 9.97 Å². The van der Waals surface area contributed by atoms with Gasteiger partial charge in [-0.15, -0.1) is 0 Å². The third-order valence-electron chi connectivity index (χ3n) is 5.09. The van der Waals surface area contributed by atoms with Crippen LogP contribution in [0.2, 0.25) is 0 Å². The fourth-order valence-electron chi connectivity index (χ4n) is 3.30. The number of hydrogen-bond donors (Lipinski definition) is 1. The van der Waals surface area contributed by atoms with Crippen LogP contribution in [-0.4, -0.2) is 24.5 Å². The molecule has 184 valence electrons. The molecule has 4 aromatic heterocycles. The van der Waals surface area contributed by atoms with Crippen molar-refractivity contribution in [3.63, 3.8) is 0 Å². The summed E-state index contributed by atoms with van der Waals surface area (Å²) in [5.74, 6) is 0. The first-order valence-electron chi connectivity index (χ1n) is 11.1. The molecule has 0 amide bonds. The topological polar surface area (TPSA) is 93.6 Å². The van der Waals surface area contributed by atoms with Gasteiger partial charge in [0.1, 0.15) is 5.52 Å². The van der Waals surface area contributed by atoms with Gasteiger partial charge in [0.2, 0.25) is 0 Å². The molecule has 0 fully saturated rings. The number of imidazole rings is 1. The van der Waals surface area contributed by atoms with Crippen LogP contribution >= 0.6 is 11.5 Å². The first kappa shape index (κ1) is 25.3. The Morgan fingerprint density at radius 3 is 2.14 bits per heavy atom. The number of hydrogen-bond acceptors (Lipinski definition) is 7. The number of aromatic amines is 1. The van der Waals surface area contributed by atoms with Crippen molar-refractivity contribution in [3.05, 3.63) is 122 Å². The van der Waals surface area contributed by atoms with Crippen LogP contribution < -0.4 is 0 Å². The van der Waals surface area contributed by atoms with Gasteiger partial charge in [0.05, 0.1) is 28.3 Å². The minimum Gasteiger partial charge on any atom is -0.443 e. The zero-order chi connectivity index (χ0) is 24.4. The van der Waals surface area contributed by atoms with E-state index < -0.39 is 0 Å². The predicted octanol–water partition coefficient (Wildman–Crippen LogP) is 8.15. The molecule has 0 spiro atoms. The van der Waals surface area contributed by atoms with E-state index in [0.717, 1.165) is 33.1 Å². The summed E-state index contributed by atoms with van der Waals surface area (Å²) in [6, 6.07) is 31.5. The van der Waals surface area contributed by atoms with Crippen molar-refractivity contribution in [2.75, 3.05) is 0 Å². The molecular weight excluding hydrogens is 482 g/mol. The van der Waals surface area contributed by atoms with Gasteiger partial charge < -0.3 is 13.9 Å². The molecule has 4 aromatic carbocycles. The number of oxazole rings is 1. The normalized spacial score (nSPS) is 9.95. The monoisotopic (exact) mass is 507 g/mol. The Bertz CT molecular complexity index is 1400. The molecule has 8 rings (SSSR count). The number of nitrogens with one attached hydrogen (secondary N) is 1. The van der Waals surface area contributed by atoms with Crippen LogP contribution in [0, 0.1) is 0 Å². The minimum atomic E-state index is 0. The highest BCUT2D eigenvalue weighted by Crippen LogP contribution is 2.16. The number of H-pyrrole nitrogens is 1. The summed E-state index contributed by atoms with van der Waals surface area (Å²) >= 11 is 1.54. The Balaban J connectivity index is 0.000000114. The Hall–Kier alpha value is -4.82. The summed E-state index contributed by atoms with van der Waals surface area (Å²) in [6.45, 7) is 0. The van der Waals surface area contributed by atoms with Crippen molar-refractivity contribution in [1.82, 2.24) is 24.5 Å². The van der Waals surface area contributed by atoms with E-state index in [1.807, 2.05) is 91.1 Å². The highest BCUT2D eigenvalue weighted by molar-refractivity contribution is 7.13. The molecular formula is C29H25N5O2S. The second-order valence-electron chi connectivity index (χ2n) is 7.47. The third-order valence-corrected chi connectivity index (χ3v) is 5.87. The standard InChI is InChI=1S/C7H6N2.2C7H5NO.C7H5NS.CH4/c2*1-2-4-7-6(3-1)8-5-9-7;2*1-2-4-7-6(3-1)5-8-9-7;/h1-5H,(H,8,9);3*1-5H;1H4. The molecule has 0 saturated heterocycles. The lowest BCUT2D eigenvalue weighted by molar-refractivity contribution is 0.456.